The van der Waals surface area contributed by atoms with Crippen LogP contribution in [0.2, 0.25) is 5.02 Å². The largest absolute Gasteiger partial charge is 1.00 e. The second-order valence-corrected chi connectivity index (χ2v) is 16.8. The van der Waals surface area contributed by atoms with Crippen molar-refractivity contribution in [1.82, 2.24) is 4.98 Å². The van der Waals surface area contributed by atoms with E-state index in [0.29, 0.717) is 39.5 Å². The lowest BCUT2D eigenvalue weighted by molar-refractivity contribution is -0.119. The Hall–Kier alpha value is -5.14. The number of hydrogen-bond acceptors (Lipinski definition) is 5. The monoisotopic (exact) mass is 819 g/mol. The minimum Gasteiger partial charge on any atom is -1.00 e. The SMILES string of the molecule is COC(=O)Nc1ccc(-c2cccc(C(=O)c3ccc(Cl)cn3)c2)c(NC(=O)C(C)CCC[P+](c2ccccc2)(c2ccccc2)c2ccccc2)c1.[Br-]. The van der Waals surface area contributed by atoms with Crippen molar-refractivity contribution >= 4 is 63.9 Å². The van der Waals surface area contributed by atoms with Gasteiger partial charge in [0.1, 0.15) is 28.9 Å². The van der Waals surface area contributed by atoms with Gasteiger partial charge in [-0.2, -0.15) is 0 Å². The molecule has 6 rings (SSSR count). The Morgan fingerprint density at radius 2 is 1.35 bits per heavy atom. The highest BCUT2D eigenvalue weighted by Gasteiger charge is 2.44. The summed E-state index contributed by atoms with van der Waals surface area (Å²) in [6.07, 6.45) is 3.19. The number of carbonyl (C=O) groups excluding carboxylic acids is 3. The second-order valence-electron chi connectivity index (χ2n) is 12.7. The molecule has 5 aromatic carbocycles. The van der Waals surface area contributed by atoms with Crippen LogP contribution in [0.5, 0.6) is 0 Å². The molecule has 0 bridgehead atoms. The number of rotatable bonds is 13. The number of nitrogens with one attached hydrogen (secondary N) is 2. The van der Waals surface area contributed by atoms with E-state index in [-0.39, 0.29) is 40.3 Å². The van der Waals surface area contributed by atoms with Crippen molar-refractivity contribution in [2.24, 2.45) is 5.92 Å². The third kappa shape index (κ3) is 9.31. The van der Waals surface area contributed by atoms with Crippen LogP contribution in [-0.2, 0) is 9.53 Å². The van der Waals surface area contributed by atoms with E-state index in [1.807, 2.05) is 13.0 Å². The summed E-state index contributed by atoms with van der Waals surface area (Å²) in [5.41, 5.74) is 3.03. The Balaban J connectivity index is 0.00000561. The van der Waals surface area contributed by atoms with Crippen molar-refractivity contribution in [1.29, 1.82) is 0 Å². The summed E-state index contributed by atoms with van der Waals surface area (Å²) >= 11 is 5.99. The highest BCUT2D eigenvalue weighted by atomic mass is 79.9. The fourth-order valence-electron chi connectivity index (χ4n) is 6.54. The molecular formula is C44H40BrClN3O4P. The molecule has 54 heavy (non-hydrogen) atoms. The number of methoxy groups -OCH3 is 1. The molecule has 0 radical (unpaired) electrons. The predicted octanol–water partition coefficient (Wildman–Crippen LogP) is 6.16. The third-order valence-electron chi connectivity index (χ3n) is 9.27. The Kier molecular flexibility index (Phi) is 13.9. The molecule has 0 saturated heterocycles. The van der Waals surface area contributed by atoms with Gasteiger partial charge in [-0.25, -0.2) is 4.79 Å². The second kappa shape index (κ2) is 18.8. The molecule has 0 spiro atoms. The Bertz CT molecular complexity index is 2090. The molecule has 0 aliphatic heterocycles. The van der Waals surface area contributed by atoms with E-state index in [0.717, 1.165) is 12.6 Å². The van der Waals surface area contributed by atoms with Crippen LogP contribution < -0.4 is 43.5 Å². The van der Waals surface area contributed by atoms with Gasteiger partial charge in [0.2, 0.25) is 11.7 Å². The molecule has 2 N–H and O–H groups in total. The summed E-state index contributed by atoms with van der Waals surface area (Å²) in [6.45, 7) is 1.94. The number of benzene rings is 5. The van der Waals surface area contributed by atoms with Crippen LogP contribution in [0.15, 0.2) is 152 Å². The normalized spacial score (nSPS) is 11.5. The van der Waals surface area contributed by atoms with Gasteiger partial charge in [-0.3, -0.25) is 19.9 Å². The number of nitrogens with zero attached hydrogens (tertiary/aromatic N) is 1. The number of carbonyl (C=O) groups is 3. The maximum absolute atomic E-state index is 14.0. The molecule has 274 valence electrons. The Morgan fingerprint density at radius 1 is 0.741 bits per heavy atom. The first kappa shape index (κ1) is 40.1. The maximum Gasteiger partial charge on any atom is 0.411 e. The van der Waals surface area contributed by atoms with Crippen molar-refractivity contribution in [3.05, 3.63) is 168 Å². The van der Waals surface area contributed by atoms with Crippen molar-refractivity contribution in [3.8, 4) is 11.1 Å². The molecule has 6 aromatic rings. The van der Waals surface area contributed by atoms with Crippen LogP contribution in [0.4, 0.5) is 16.2 Å². The van der Waals surface area contributed by atoms with Crippen LogP contribution in [0.1, 0.15) is 35.8 Å². The smallest absolute Gasteiger partial charge is 0.411 e. The van der Waals surface area contributed by atoms with Crippen LogP contribution in [0.25, 0.3) is 11.1 Å². The zero-order valence-corrected chi connectivity index (χ0v) is 33.2. The van der Waals surface area contributed by atoms with Gasteiger partial charge in [-0.1, -0.05) is 97.4 Å². The molecule has 0 aliphatic rings. The average Bonchev–Trinajstić information content (AvgIpc) is 3.20. The van der Waals surface area contributed by atoms with Gasteiger partial charge in [-0.15, -0.1) is 0 Å². The van der Waals surface area contributed by atoms with Gasteiger partial charge in [-0.05, 0) is 85.1 Å². The standard InChI is InChI=1S/C44H39ClN3O4P.BrH/c1-31(14-13-27-53(36-17-6-3-7-18-36,37-19-8-4-9-20-37)38-21-10-5-11-22-38)43(50)48-41-29-35(47-44(51)52-2)24-25-39(41)32-15-12-16-33(28-32)42(49)40-26-23-34(45)30-46-40;/h3-12,15-26,28-31H,13-14,27H2,1-2H3,(H-,47,48,50,51);1H. The topological polar surface area (TPSA) is 97.4 Å². The van der Waals surface area contributed by atoms with Gasteiger partial charge < -0.3 is 27.0 Å². The number of halogens is 2. The summed E-state index contributed by atoms with van der Waals surface area (Å²) < 4.78 is 4.80. The number of amides is 2. The van der Waals surface area contributed by atoms with Crippen LogP contribution >= 0.6 is 18.9 Å². The van der Waals surface area contributed by atoms with Crippen LogP contribution in [0, 0.1) is 5.92 Å². The molecule has 0 aliphatic carbocycles. The molecule has 10 heteroatoms. The summed E-state index contributed by atoms with van der Waals surface area (Å²) in [5, 5.41) is 10.2. The lowest BCUT2D eigenvalue weighted by Gasteiger charge is -2.28. The minimum atomic E-state index is -2.04. The molecule has 1 aromatic heterocycles. The number of anilines is 2. The summed E-state index contributed by atoms with van der Waals surface area (Å²) in [5.74, 6) is -0.734. The highest BCUT2D eigenvalue weighted by Crippen LogP contribution is 2.56. The zero-order valence-electron chi connectivity index (χ0n) is 29.9. The van der Waals surface area contributed by atoms with Gasteiger partial charge >= 0.3 is 6.09 Å². The van der Waals surface area contributed by atoms with E-state index >= 15 is 0 Å². The predicted molar refractivity (Wildman–Crippen MR) is 218 cm³/mol. The minimum absolute atomic E-state index is 0. The summed E-state index contributed by atoms with van der Waals surface area (Å²) in [4.78, 5) is 43.5. The van der Waals surface area contributed by atoms with Crippen molar-refractivity contribution in [2.75, 3.05) is 23.9 Å². The molecule has 0 saturated carbocycles. The van der Waals surface area contributed by atoms with E-state index in [9.17, 15) is 14.4 Å². The number of pyridine rings is 1. The molecule has 2 amide bonds. The lowest BCUT2D eigenvalue weighted by atomic mass is 9.97. The van der Waals surface area contributed by atoms with Crippen LogP contribution in [0.3, 0.4) is 0 Å². The van der Waals surface area contributed by atoms with Crippen molar-refractivity contribution in [3.63, 3.8) is 0 Å². The fourth-order valence-corrected chi connectivity index (χ4v) is 11.0. The summed E-state index contributed by atoms with van der Waals surface area (Å²) in [6, 6.07) is 47.7. The molecule has 1 atom stereocenters. The van der Waals surface area contributed by atoms with Gasteiger partial charge in [0, 0.05) is 28.9 Å². The van der Waals surface area contributed by atoms with Gasteiger partial charge in [0.05, 0.1) is 24.0 Å². The molecule has 7 nitrogen and oxygen atoms in total. The lowest BCUT2D eigenvalue weighted by Crippen LogP contribution is -3.00. The molecule has 1 unspecified atom stereocenters. The molecular weight excluding hydrogens is 781 g/mol. The van der Waals surface area contributed by atoms with Crippen molar-refractivity contribution < 1.29 is 36.1 Å². The first-order chi connectivity index (χ1) is 25.8. The van der Waals surface area contributed by atoms with Gasteiger partial charge in [0.25, 0.3) is 0 Å². The number of hydrogen-bond donors (Lipinski definition) is 2. The Morgan fingerprint density at radius 3 is 1.91 bits per heavy atom. The number of ketones is 1. The van der Waals surface area contributed by atoms with E-state index in [4.69, 9.17) is 16.3 Å². The first-order valence-corrected chi connectivity index (χ1v) is 19.7. The average molecular weight is 821 g/mol. The van der Waals surface area contributed by atoms with Gasteiger partial charge in [0.15, 0.2) is 0 Å². The molecule has 1 heterocycles. The number of aromatic nitrogens is 1. The van der Waals surface area contributed by atoms with E-state index in [1.54, 1.807) is 48.5 Å². The Labute approximate surface area is 332 Å². The van der Waals surface area contributed by atoms with Crippen molar-refractivity contribution in [2.45, 2.75) is 19.8 Å². The van der Waals surface area contributed by atoms with E-state index in [1.165, 1.54) is 29.2 Å². The maximum atomic E-state index is 14.0. The fraction of sp³-hybridized carbons (Fsp3) is 0.136. The van der Waals surface area contributed by atoms with Crippen LogP contribution in [-0.4, -0.2) is 36.0 Å². The first-order valence-electron chi connectivity index (χ1n) is 17.4. The molecule has 0 fully saturated rings. The quantitative estimate of drug-likeness (QED) is 0.108. The van der Waals surface area contributed by atoms with E-state index in [2.05, 4.69) is 107 Å². The third-order valence-corrected chi connectivity index (χ3v) is 14.0. The zero-order chi connectivity index (χ0) is 37.2. The number of ether oxygens (including phenoxy) is 1. The van der Waals surface area contributed by atoms with E-state index < -0.39 is 13.4 Å². The summed E-state index contributed by atoms with van der Waals surface area (Å²) in [7, 11) is -0.749. The highest BCUT2D eigenvalue weighted by molar-refractivity contribution is 7.95.